The van der Waals surface area contributed by atoms with Crippen LogP contribution in [0.25, 0.3) is 0 Å². The molecule has 0 radical (unpaired) electrons. The topological polar surface area (TPSA) is 27.7 Å². The lowest BCUT2D eigenvalue weighted by molar-refractivity contribution is 0.0920. The molecule has 0 aromatic heterocycles. The third-order valence-corrected chi connectivity index (χ3v) is 2.61. The summed E-state index contributed by atoms with van der Waals surface area (Å²) in [6.45, 7) is 9.94. The van der Waals surface area contributed by atoms with Gasteiger partial charge in [-0.25, -0.2) is 0 Å². The van der Waals surface area contributed by atoms with Crippen LogP contribution >= 0.6 is 0 Å². The average Bonchev–Trinajstić information content (AvgIpc) is 2.39. The van der Waals surface area contributed by atoms with Crippen molar-refractivity contribution in [1.82, 2.24) is 0 Å². The second-order valence-corrected chi connectivity index (χ2v) is 4.65. The first-order valence-corrected chi connectivity index (χ1v) is 7.42. The number of unbranched alkanes of at least 4 members (excludes halogenated alkanes) is 2. The summed E-state index contributed by atoms with van der Waals surface area (Å²) in [5.74, 6) is 0. The van der Waals surface area contributed by atoms with Crippen LogP contribution in [-0.4, -0.2) is 25.4 Å². The molecule has 0 aromatic rings. The van der Waals surface area contributed by atoms with Crippen molar-refractivity contribution in [3.05, 3.63) is 24.7 Å². The van der Waals surface area contributed by atoms with Gasteiger partial charge >= 0.3 is 0 Å². The minimum absolute atomic E-state index is 0.0955. The summed E-state index contributed by atoms with van der Waals surface area (Å²) in [6.07, 6.45) is 11.8. The Kier molecular flexibility index (Phi) is 13.1. The van der Waals surface area contributed by atoms with E-state index in [0.717, 1.165) is 38.9 Å². The van der Waals surface area contributed by atoms with Crippen LogP contribution in [0, 0.1) is 0 Å². The SMILES string of the molecule is CCCCOC(C)/C=C/O/C=C/C(C)OCCCC. The fourth-order valence-corrected chi connectivity index (χ4v) is 1.30. The van der Waals surface area contributed by atoms with E-state index in [-0.39, 0.29) is 12.2 Å². The Labute approximate surface area is 118 Å². The van der Waals surface area contributed by atoms with Crippen LogP contribution in [0.15, 0.2) is 24.7 Å². The number of rotatable bonds is 12. The lowest BCUT2D eigenvalue weighted by Gasteiger charge is -2.08. The molecule has 0 rings (SSSR count). The molecule has 3 nitrogen and oxygen atoms in total. The Hall–Kier alpha value is -0.800. The first-order chi connectivity index (χ1) is 9.20. The largest absolute Gasteiger partial charge is 0.473 e. The van der Waals surface area contributed by atoms with Gasteiger partial charge in [-0.2, -0.15) is 0 Å². The Balaban J connectivity index is 3.58. The summed E-state index contributed by atoms with van der Waals surface area (Å²) in [4.78, 5) is 0. The summed E-state index contributed by atoms with van der Waals surface area (Å²) in [6, 6.07) is 0. The highest BCUT2D eigenvalue weighted by atomic mass is 16.5. The Morgan fingerprint density at radius 2 is 1.21 bits per heavy atom. The third kappa shape index (κ3) is 13.4. The Morgan fingerprint density at radius 3 is 1.58 bits per heavy atom. The van der Waals surface area contributed by atoms with Crippen molar-refractivity contribution < 1.29 is 14.2 Å². The second-order valence-electron chi connectivity index (χ2n) is 4.65. The number of ether oxygens (including phenoxy) is 3. The van der Waals surface area contributed by atoms with Crippen LogP contribution in [0.3, 0.4) is 0 Å². The lowest BCUT2D eigenvalue weighted by Crippen LogP contribution is -2.06. The summed E-state index contributed by atoms with van der Waals surface area (Å²) < 4.78 is 16.4. The maximum absolute atomic E-state index is 5.56. The normalized spacial score (nSPS) is 15.2. The van der Waals surface area contributed by atoms with Gasteiger partial charge in [-0.3, -0.25) is 0 Å². The van der Waals surface area contributed by atoms with E-state index in [9.17, 15) is 0 Å². The second kappa shape index (κ2) is 13.6. The van der Waals surface area contributed by atoms with Crippen molar-refractivity contribution in [3.63, 3.8) is 0 Å². The molecular weight excluding hydrogens is 240 g/mol. The van der Waals surface area contributed by atoms with Gasteiger partial charge in [-0.15, -0.1) is 0 Å². The molecule has 0 aliphatic rings. The zero-order valence-electron chi connectivity index (χ0n) is 12.9. The lowest BCUT2D eigenvalue weighted by atomic mass is 10.3. The van der Waals surface area contributed by atoms with Crippen molar-refractivity contribution in [2.24, 2.45) is 0 Å². The highest BCUT2D eigenvalue weighted by molar-refractivity contribution is 4.86. The molecule has 0 saturated heterocycles. The summed E-state index contributed by atoms with van der Waals surface area (Å²) in [5.41, 5.74) is 0. The first kappa shape index (κ1) is 18.2. The molecule has 0 fully saturated rings. The predicted molar refractivity (Wildman–Crippen MR) is 80.0 cm³/mol. The Bertz CT molecular complexity index is 212. The molecule has 2 atom stereocenters. The molecule has 19 heavy (non-hydrogen) atoms. The van der Waals surface area contributed by atoms with E-state index in [0.29, 0.717) is 0 Å². The Morgan fingerprint density at radius 1 is 0.789 bits per heavy atom. The van der Waals surface area contributed by atoms with Crippen molar-refractivity contribution in [2.45, 2.75) is 65.6 Å². The van der Waals surface area contributed by atoms with Crippen LogP contribution in [0.2, 0.25) is 0 Å². The highest BCUT2D eigenvalue weighted by Crippen LogP contribution is 1.99. The van der Waals surface area contributed by atoms with Gasteiger partial charge in [0.2, 0.25) is 0 Å². The van der Waals surface area contributed by atoms with E-state index in [1.807, 2.05) is 26.0 Å². The van der Waals surface area contributed by atoms with Gasteiger partial charge in [0.25, 0.3) is 0 Å². The van der Waals surface area contributed by atoms with E-state index in [1.165, 1.54) is 0 Å². The zero-order valence-corrected chi connectivity index (χ0v) is 12.9. The summed E-state index contributed by atoms with van der Waals surface area (Å²) in [5, 5.41) is 0. The van der Waals surface area contributed by atoms with E-state index < -0.39 is 0 Å². The maximum Gasteiger partial charge on any atom is 0.0887 e. The van der Waals surface area contributed by atoms with Gasteiger partial charge in [0.05, 0.1) is 24.7 Å². The molecule has 0 bridgehead atoms. The molecular formula is C16H30O3. The predicted octanol–water partition coefficient (Wildman–Crippen LogP) is 4.44. The molecule has 0 aliphatic carbocycles. The van der Waals surface area contributed by atoms with Gasteiger partial charge in [0.1, 0.15) is 0 Å². The van der Waals surface area contributed by atoms with Crippen LogP contribution in [-0.2, 0) is 14.2 Å². The summed E-state index contributed by atoms with van der Waals surface area (Å²) in [7, 11) is 0. The van der Waals surface area contributed by atoms with Crippen molar-refractivity contribution in [3.8, 4) is 0 Å². The van der Waals surface area contributed by atoms with E-state index in [2.05, 4.69) is 13.8 Å². The minimum atomic E-state index is 0.0955. The molecule has 3 heteroatoms. The van der Waals surface area contributed by atoms with Crippen molar-refractivity contribution >= 4 is 0 Å². The van der Waals surface area contributed by atoms with Crippen molar-refractivity contribution in [2.75, 3.05) is 13.2 Å². The first-order valence-electron chi connectivity index (χ1n) is 7.42. The van der Waals surface area contributed by atoms with Crippen LogP contribution in [0.5, 0.6) is 0 Å². The van der Waals surface area contributed by atoms with Gasteiger partial charge < -0.3 is 14.2 Å². The fraction of sp³-hybridized carbons (Fsp3) is 0.750. The third-order valence-electron chi connectivity index (χ3n) is 2.61. The van der Waals surface area contributed by atoms with Crippen molar-refractivity contribution in [1.29, 1.82) is 0 Å². The number of hydrogen-bond donors (Lipinski definition) is 0. The van der Waals surface area contributed by atoms with Crippen LogP contribution in [0.4, 0.5) is 0 Å². The standard InChI is InChI=1S/C16H30O3/c1-5-7-11-18-15(3)9-13-17-14-10-16(4)19-12-8-6-2/h9-10,13-16H,5-8,11-12H2,1-4H3/b13-9+,14-10+. The molecule has 2 unspecified atom stereocenters. The van der Waals surface area contributed by atoms with Gasteiger partial charge in [-0.1, -0.05) is 26.7 Å². The molecule has 0 aromatic carbocycles. The highest BCUT2D eigenvalue weighted by Gasteiger charge is 1.96. The van der Waals surface area contributed by atoms with Gasteiger partial charge in [0.15, 0.2) is 0 Å². The zero-order chi connectivity index (χ0) is 14.3. The molecule has 0 aliphatic heterocycles. The molecule has 0 saturated carbocycles. The van der Waals surface area contributed by atoms with Crippen LogP contribution in [0.1, 0.15) is 53.4 Å². The number of hydrogen-bond acceptors (Lipinski definition) is 3. The van der Waals surface area contributed by atoms with E-state index in [4.69, 9.17) is 14.2 Å². The fourth-order valence-electron chi connectivity index (χ4n) is 1.30. The van der Waals surface area contributed by atoms with Gasteiger partial charge in [0, 0.05) is 13.2 Å². The average molecular weight is 270 g/mol. The monoisotopic (exact) mass is 270 g/mol. The smallest absolute Gasteiger partial charge is 0.0887 e. The van der Waals surface area contributed by atoms with E-state index in [1.54, 1.807) is 12.5 Å². The molecule has 0 spiro atoms. The summed E-state index contributed by atoms with van der Waals surface area (Å²) >= 11 is 0. The minimum Gasteiger partial charge on any atom is -0.473 e. The maximum atomic E-state index is 5.56. The van der Waals surface area contributed by atoms with Gasteiger partial charge in [-0.05, 0) is 38.8 Å². The van der Waals surface area contributed by atoms with Crippen LogP contribution < -0.4 is 0 Å². The van der Waals surface area contributed by atoms with E-state index >= 15 is 0 Å². The molecule has 0 amide bonds. The molecule has 0 heterocycles. The molecule has 0 N–H and O–H groups in total. The quantitative estimate of drug-likeness (QED) is 0.387. The molecule has 112 valence electrons.